The molecule has 132 valence electrons. The lowest BCUT2D eigenvalue weighted by Gasteiger charge is -2.22. The summed E-state index contributed by atoms with van der Waals surface area (Å²) in [4.78, 5) is 23.7. The minimum atomic E-state index is -1.18. The maximum absolute atomic E-state index is 12.7. The third-order valence-electron chi connectivity index (χ3n) is 4.06. The second-order valence-electron chi connectivity index (χ2n) is 5.83. The highest BCUT2D eigenvalue weighted by Gasteiger charge is 2.23. The van der Waals surface area contributed by atoms with E-state index in [1.54, 1.807) is 6.92 Å². The Balaban J connectivity index is 1.84. The van der Waals surface area contributed by atoms with Gasteiger partial charge in [-0.1, -0.05) is 65.9 Å². The van der Waals surface area contributed by atoms with Gasteiger partial charge in [0.1, 0.15) is 6.04 Å². The summed E-state index contributed by atoms with van der Waals surface area (Å²) < 4.78 is 1.24. The molecule has 3 aromatic rings. The molecule has 0 saturated carbocycles. The van der Waals surface area contributed by atoms with Gasteiger partial charge in [0.15, 0.2) is 5.69 Å². The average molecular weight is 350 g/mol. The predicted octanol–water partition coefficient (Wildman–Crippen LogP) is 2.44. The molecule has 0 aliphatic heterocycles. The van der Waals surface area contributed by atoms with Crippen molar-refractivity contribution in [3.05, 3.63) is 83.7 Å². The highest BCUT2D eigenvalue weighted by atomic mass is 16.4. The lowest BCUT2D eigenvalue weighted by atomic mass is 9.98. The Morgan fingerprint density at radius 2 is 1.54 bits per heavy atom. The number of aromatic carboxylic acids is 1. The lowest BCUT2D eigenvalue weighted by molar-refractivity contribution is -0.124. The number of aromatic nitrogens is 3. The fourth-order valence-electron chi connectivity index (χ4n) is 2.60. The molecular formula is C19H18N4O3. The molecule has 7 heteroatoms. The molecule has 1 atom stereocenters. The summed E-state index contributed by atoms with van der Waals surface area (Å²) in [6.07, 6.45) is 1.24. The van der Waals surface area contributed by atoms with Crippen molar-refractivity contribution in [1.82, 2.24) is 20.3 Å². The van der Waals surface area contributed by atoms with Gasteiger partial charge in [0.05, 0.1) is 12.2 Å². The van der Waals surface area contributed by atoms with Gasteiger partial charge in [0, 0.05) is 0 Å². The van der Waals surface area contributed by atoms with Crippen molar-refractivity contribution in [2.24, 2.45) is 0 Å². The number of rotatable bonds is 6. The molecule has 1 unspecified atom stereocenters. The van der Waals surface area contributed by atoms with Crippen LogP contribution in [0.4, 0.5) is 0 Å². The maximum Gasteiger partial charge on any atom is 0.358 e. The molecule has 2 aromatic carbocycles. The summed E-state index contributed by atoms with van der Waals surface area (Å²) in [5.74, 6) is -1.47. The number of carboxylic acids is 1. The minimum absolute atomic E-state index is 0.202. The largest absolute Gasteiger partial charge is 0.476 e. The van der Waals surface area contributed by atoms with Crippen molar-refractivity contribution in [3.63, 3.8) is 0 Å². The first-order chi connectivity index (χ1) is 12.6. The molecule has 1 aromatic heterocycles. The summed E-state index contributed by atoms with van der Waals surface area (Å²) in [5.41, 5.74) is 1.69. The van der Waals surface area contributed by atoms with Crippen LogP contribution in [0.25, 0.3) is 0 Å². The van der Waals surface area contributed by atoms with Gasteiger partial charge >= 0.3 is 5.97 Å². The van der Waals surface area contributed by atoms with Crippen molar-refractivity contribution >= 4 is 11.9 Å². The third kappa shape index (κ3) is 3.77. The van der Waals surface area contributed by atoms with Crippen LogP contribution in [0.15, 0.2) is 66.9 Å². The smallest absolute Gasteiger partial charge is 0.358 e. The number of carboxylic acid groups (broad SMARTS) is 1. The van der Waals surface area contributed by atoms with Gasteiger partial charge in [-0.2, -0.15) is 0 Å². The Kier molecular flexibility index (Phi) is 5.07. The van der Waals surface area contributed by atoms with Crippen molar-refractivity contribution in [2.75, 3.05) is 0 Å². The molecule has 0 aliphatic rings. The molecule has 0 bridgehead atoms. The molecule has 26 heavy (non-hydrogen) atoms. The summed E-state index contributed by atoms with van der Waals surface area (Å²) in [6, 6.07) is 18.2. The molecule has 2 N–H and O–H groups in total. The Labute approximate surface area is 150 Å². The van der Waals surface area contributed by atoms with E-state index >= 15 is 0 Å². The zero-order valence-corrected chi connectivity index (χ0v) is 14.1. The van der Waals surface area contributed by atoms with Gasteiger partial charge < -0.3 is 10.4 Å². The number of nitrogens with zero attached hydrogens (tertiary/aromatic N) is 3. The Morgan fingerprint density at radius 3 is 2.00 bits per heavy atom. The van der Waals surface area contributed by atoms with Gasteiger partial charge in [-0.05, 0) is 18.1 Å². The molecule has 7 nitrogen and oxygen atoms in total. The fourth-order valence-corrected chi connectivity index (χ4v) is 2.60. The molecule has 0 spiro atoms. The van der Waals surface area contributed by atoms with E-state index in [1.807, 2.05) is 60.7 Å². The van der Waals surface area contributed by atoms with Crippen LogP contribution in [-0.2, 0) is 4.79 Å². The maximum atomic E-state index is 12.7. The Hall–Kier alpha value is -3.48. The van der Waals surface area contributed by atoms with E-state index in [4.69, 9.17) is 5.11 Å². The molecule has 0 radical (unpaired) electrons. The van der Waals surface area contributed by atoms with Crippen LogP contribution >= 0.6 is 0 Å². The minimum Gasteiger partial charge on any atom is -0.476 e. The SMILES string of the molecule is CC(C(=O)NC(c1ccccc1)c1ccccc1)n1cc(C(=O)O)nn1. The Bertz CT molecular complexity index is 854. The van der Waals surface area contributed by atoms with E-state index in [0.29, 0.717) is 0 Å². The van der Waals surface area contributed by atoms with Gasteiger partial charge in [0.25, 0.3) is 0 Å². The van der Waals surface area contributed by atoms with E-state index < -0.39 is 12.0 Å². The summed E-state index contributed by atoms with van der Waals surface area (Å²) in [5, 5.41) is 19.2. The molecule has 1 amide bonds. The number of hydrogen-bond donors (Lipinski definition) is 2. The first kappa shape index (κ1) is 17.3. The molecule has 0 aliphatic carbocycles. The van der Waals surface area contributed by atoms with Crippen LogP contribution < -0.4 is 5.32 Å². The standard InChI is InChI=1S/C19H18N4O3/c1-13(23-12-16(19(25)26)21-22-23)18(24)20-17(14-8-4-2-5-9-14)15-10-6-3-7-11-15/h2-13,17H,1H3,(H,20,24)(H,25,26). The zero-order valence-electron chi connectivity index (χ0n) is 14.1. The number of amides is 1. The lowest BCUT2D eigenvalue weighted by Crippen LogP contribution is -2.35. The molecule has 0 fully saturated rings. The van der Waals surface area contributed by atoms with E-state index in [0.717, 1.165) is 11.1 Å². The van der Waals surface area contributed by atoms with Crippen LogP contribution in [0.2, 0.25) is 0 Å². The van der Waals surface area contributed by atoms with Crippen LogP contribution in [0, 0.1) is 0 Å². The monoisotopic (exact) mass is 350 g/mol. The number of nitrogens with one attached hydrogen (secondary N) is 1. The summed E-state index contributed by atoms with van der Waals surface area (Å²) in [6.45, 7) is 1.64. The Morgan fingerprint density at radius 1 is 1.00 bits per heavy atom. The molecule has 3 rings (SSSR count). The predicted molar refractivity (Wildman–Crippen MR) is 94.6 cm³/mol. The van der Waals surface area contributed by atoms with Crippen molar-refractivity contribution in [2.45, 2.75) is 19.0 Å². The highest BCUT2D eigenvalue weighted by molar-refractivity contribution is 5.85. The summed E-state index contributed by atoms with van der Waals surface area (Å²) >= 11 is 0. The number of hydrogen-bond acceptors (Lipinski definition) is 4. The van der Waals surface area contributed by atoms with E-state index in [9.17, 15) is 9.59 Å². The second kappa shape index (κ2) is 7.60. The van der Waals surface area contributed by atoms with Crippen molar-refractivity contribution in [1.29, 1.82) is 0 Å². The number of carbonyl (C=O) groups excluding carboxylic acids is 1. The number of carbonyl (C=O) groups is 2. The molecule has 0 saturated heterocycles. The van der Waals surface area contributed by atoms with Gasteiger partial charge in [-0.3, -0.25) is 4.79 Å². The topological polar surface area (TPSA) is 97.1 Å². The van der Waals surface area contributed by atoms with Crippen molar-refractivity contribution < 1.29 is 14.7 Å². The fraction of sp³-hybridized carbons (Fsp3) is 0.158. The first-order valence-electron chi connectivity index (χ1n) is 8.11. The van der Waals surface area contributed by atoms with Crippen molar-refractivity contribution in [3.8, 4) is 0 Å². The van der Waals surface area contributed by atoms with Gasteiger partial charge in [-0.25, -0.2) is 9.48 Å². The van der Waals surface area contributed by atoms with E-state index in [-0.39, 0.29) is 17.6 Å². The van der Waals surface area contributed by atoms with E-state index in [2.05, 4.69) is 15.6 Å². The molecular weight excluding hydrogens is 332 g/mol. The van der Waals surface area contributed by atoms with Crippen LogP contribution in [0.5, 0.6) is 0 Å². The second-order valence-corrected chi connectivity index (χ2v) is 5.83. The zero-order chi connectivity index (χ0) is 18.5. The quantitative estimate of drug-likeness (QED) is 0.712. The van der Waals surface area contributed by atoms with Gasteiger partial charge in [0.2, 0.25) is 5.91 Å². The molecule has 1 heterocycles. The van der Waals surface area contributed by atoms with Crippen LogP contribution in [0.3, 0.4) is 0 Å². The highest BCUT2D eigenvalue weighted by Crippen LogP contribution is 2.22. The van der Waals surface area contributed by atoms with E-state index in [1.165, 1.54) is 10.9 Å². The number of benzene rings is 2. The normalized spacial score (nSPS) is 11.9. The van der Waals surface area contributed by atoms with Gasteiger partial charge in [-0.15, -0.1) is 5.10 Å². The third-order valence-corrected chi connectivity index (χ3v) is 4.06. The first-order valence-corrected chi connectivity index (χ1v) is 8.11. The van der Waals surface area contributed by atoms with Crippen LogP contribution in [-0.4, -0.2) is 32.0 Å². The summed E-state index contributed by atoms with van der Waals surface area (Å²) in [7, 11) is 0. The van der Waals surface area contributed by atoms with Crippen LogP contribution in [0.1, 0.15) is 40.6 Å². The average Bonchev–Trinajstić information content (AvgIpc) is 3.17.